The molecule has 1 unspecified atom stereocenters. The summed E-state index contributed by atoms with van der Waals surface area (Å²) >= 11 is 0. The van der Waals surface area contributed by atoms with Gasteiger partial charge in [-0.1, -0.05) is 0 Å². The first-order valence-corrected chi connectivity index (χ1v) is 6.49. The average Bonchev–Trinajstić information content (AvgIpc) is 2.88. The van der Waals surface area contributed by atoms with Crippen molar-refractivity contribution in [3.63, 3.8) is 0 Å². The van der Waals surface area contributed by atoms with Crippen molar-refractivity contribution in [1.29, 1.82) is 0 Å². The SMILES string of the molecule is OC1(Cn2ccnc2-c2ccncc2)CCCOC1. The molecule has 1 N–H and O–H groups in total. The van der Waals surface area contributed by atoms with Gasteiger partial charge in [0.05, 0.1) is 13.2 Å². The third kappa shape index (κ3) is 2.67. The van der Waals surface area contributed by atoms with Gasteiger partial charge in [-0.15, -0.1) is 0 Å². The third-order valence-corrected chi connectivity index (χ3v) is 3.42. The Morgan fingerprint density at radius 2 is 2.16 bits per heavy atom. The molecular weight excluding hydrogens is 242 g/mol. The molecule has 1 aliphatic heterocycles. The van der Waals surface area contributed by atoms with E-state index in [1.165, 1.54) is 0 Å². The van der Waals surface area contributed by atoms with Crippen molar-refractivity contribution < 1.29 is 9.84 Å². The van der Waals surface area contributed by atoms with Crippen molar-refractivity contribution in [2.45, 2.75) is 25.0 Å². The van der Waals surface area contributed by atoms with E-state index < -0.39 is 5.60 Å². The summed E-state index contributed by atoms with van der Waals surface area (Å²) in [6, 6.07) is 3.83. The van der Waals surface area contributed by atoms with E-state index in [2.05, 4.69) is 9.97 Å². The average molecular weight is 259 g/mol. The van der Waals surface area contributed by atoms with Crippen LogP contribution in [0.3, 0.4) is 0 Å². The Balaban J connectivity index is 1.84. The predicted octanol–water partition coefficient (Wildman–Crippen LogP) is 1.49. The van der Waals surface area contributed by atoms with Gasteiger partial charge in [0.15, 0.2) is 0 Å². The summed E-state index contributed by atoms with van der Waals surface area (Å²) in [5.74, 6) is 0.849. The second-order valence-electron chi connectivity index (χ2n) is 5.00. The highest BCUT2D eigenvalue weighted by atomic mass is 16.5. The molecule has 0 radical (unpaired) electrons. The monoisotopic (exact) mass is 259 g/mol. The van der Waals surface area contributed by atoms with E-state index in [0.717, 1.165) is 30.8 Å². The molecule has 0 aromatic carbocycles. The lowest BCUT2D eigenvalue weighted by molar-refractivity contribution is -0.0940. The van der Waals surface area contributed by atoms with Crippen LogP contribution in [-0.2, 0) is 11.3 Å². The van der Waals surface area contributed by atoms with Crippen LogP contribution in [0, 0.1) is 0 Å². The van der Waals surface area contributed by atoms with Crippen molar-refractivity contribution in [2.75, 3.05) is 13.2 Å². The van der Waals surface area contributed by atoms with E-state index in [1.807, 2.05) is 22.9 Å². The minimum Gasteiger partial charge on any atom is -0.386 e. The fourth-order valence-electron chi connectivity index (χ4n) is 2.48. The number of imidazole rings is 1. The summed E-state index contributed by atoms with van der Waals surface area (Å²) in [6.07, 6.45) is 8.79. The molecule has 0 bridgehead atoms. The van der Waals surface area contributed by atoms with Crippen molar-refractivity contribution in [1.82, 2.24) is 14.5 Å². The molecular formula is C14H17N3O2. The highest BCUT2D eigenvalue weighted by Crippen LogP contribution is 2.24. The number of aromatic nitrogens is 3. The molecule has 1 saturated heterocycles. The number of nitrogens with zero attached hydrogens (tertiary/aromatic N) is 3. The maximum Gasteiger partial charge on any atom is 0.140 e. The predicted molar refractivity (Wildman–Crippen MR) is 70.5 cm³/mol. The molecule has 100 valence electrons. The van der Waals surface area contributed by atoms with E-state index in [-0.39, 0.29) is 0 Å². The Bertz CT molecular complexity index is 533. The molecule has 3 rings (SSSR count). The van der Waals surface area contributed by atoms with Crippen LogP contribution in [0.25, 0.3) is 11.4 Å². The molecule has 1 aliphatic rings. The quantitative estimate of drug-likeness (QED) is 0.907. The number of rotatable bonds is 3. The molecule has 0 spiro atoms. The van der Waals surface area contributed by atoms with E-state index in [1.54, 1.807) is 18.6 Å². The van der Waals surface area contributed by atoms with Crippen molar-refractivity contribution in [3.05, 3.63) is 36.9 Å². The van der Waals surface area contributed by atoms with Gasteiger partial charge in [-0.2, -0.15) is 0 Å². The largest absolute Gasteiger partial charge is 0.386 e. The molecule has 19 heavy (non-hydrogen) atoms. The van der Waals surface area contributed by atoms with Crippen LogP contribution < -0.4 is 0 Å². The first kappa shape index (κ1) is 12.3. The Hall–Kier alpha value is -1.72. The molecule has 0 amide bonds. The van der Waals surface area contributed by atoms with Gasteiger partial charge < -0.3 is 14.4 Å². The van der Waals surface area contributed by atoms with Crippen molar-refractivity contribution >= 4 is 0 Å². The van der Waals surface area contributed by atoms with Crippen LogP contribution >= 0.6 is 0 Å². The lowest BCUT2D eigenvalue weighted by Gasteiger charge is -2.32. The van der Waals surface area contributed by atoms with Gasteiger partial charge in [0.25, 0.3) is 0 Å². The van der Waals surface area contributed by atoms with E-state index in [0.29, 0.717) is 13.2 Å². The topological polar surface area (TPSA) is 60.2 Å². The van der Waals surface area contributed by atoms with Gasteiger partial charge in [-0.25, -0.2) is 4.98 Å². The summed E-state index contributed by atoms with van der Waals surface area (Å²) in [5.41, 5.74) is 0.209. The molecule has 0 saturated carbocycles. The van der Waals surface area contributed by atoms with E-state index in [9.17, 15) is 5.11 Å². The van der Waals surface area contributed by atoms with Crippen LogP contribution in [0.15, 0.2) is 36.9 Å². The summed E-state index contributed by atoms with van der Waals surface area (Å²) in [7, 11) is 0. The lowest BCUT2D eigenvalue weighted by Crippen LogP contribution is -2.42. The minimum atomic E-state index is -0.791. The Morgan fingerprint density at radius 1 is 1.32 bits per heavy atom. The van der Waals surface area contributed by atoms with Crippen molar-refractivity contribution in [2.24, 2.45) is 0 Å². The van der Waals surface area contributed by atoms with Gasteiger partial charge in [0.1, 0.15) is 11.4 Å². The number of ether oxygens (including phenoxy) is 1. The second-order valence-corrected chi connectivity index (χ2v) is 5.00. The molecule has 1 fully saturated rings. The first-order valence-electron chi connectivity index (χ1n) is 6.49. The zero-order valence-corrected chi connectivity index (χ0v) is 10.7. The van der Waals surface area contributed by atoms with Gasteiger partial charge in [-0.3, -0.25) is 4.98 Å². The lowest BCUT2D eigenvalue weighted by atomic mass is 9.96. The third-order valence-electron chi connectivity index (χ3n) is 3.42. The Labute approximate surface area is 111 Å². The Kier molecular flexibility index (Phi) is 3.31. The number of pyridine rings is 1. The highest BCUT2D eigenvalue weighted by Gasteiger charge is 2.31. The summed E-state index contributed by atoms with van der Waals surface area (Å²) in [5, 5.41) is 10.5. The van der Waals surface area contributed by atoms with Crippen LogP contribution in [0.5, 0.6) is 0 Å². The number of hydrogen-bond donors (Lipinski definition) is 1. The van der Waals surface area contributed by atoms with Gasteiger partial charge in [-0.05, 0) is 25.0 Å². The molecule has 5 nitrogen and oxygen atoms in total. The zero-order chi connectivity index (χ0) is 13.1. The molecule has 1 atom stereocenters. The van der Waals surface area contributed by atoms with E-state index >= 15 is 0 Å². The van der Waals surface area contributed by atoms with Gasteiger partial charge >= 0.3 is 0 Å². The van der Waals surface area contributed by atoms with Crippen molar-refractivity contribution in [3.8, 4) is 11.4 Å². The van der Waals surface area contributed by atoms with Crippen LogP contribution in [0.4, 0.5) is 0 Å². The highest BCUT2D eigenvalue weighted by molar-refractivity contribution is 5.54. The fourth-order valence-corrected chi connectivity index (χ4v) is 2.48. The summed E-state index contributed by atoms with van der Waals surface area (Å²) in [6.45, 7) is 1.63. The fraction of sp³-hybridized carbons (Fsp3) is 0.429. The minimum absolute atomic E-state index is 0.390. The maximum atomic E-state index is 10.5. The molecule has 2 aromatic rings. The second kappa shape index (κ2) is 5.11. The number of aliphatic hydroxyl groups is 1. The summed E-state index contributed by atoms with van der Waals surface area (Å²) < 4.78 is 7.36. The standard InChI is InChI=1S/C14H17N3O2/c18-14(4-1-9-19-11-14)10-17-8-7-16-13(17)12-2-5-15-6-3-12/h2-3,5-8,18H,1,4,9-11H2. The Morgan fingerprint density at radius 3 is 2.89 bits per heavy atom. The van der Waals surface area contributed by atoms with Crippen LogP contribution in [0.2, 0.25) is 0 Å². The molecule has 0 aliphatic carbocycles. The molecule has 3 heterocycles. The van der Waals surface area contributed by atoms with Gasteiger partial charge in [0.2, 0.25) is 0 Å². The normalized spacial score (nSPS) is 23.4. The zero-order valence-electron chi connectivity index (χ0n) is 10.7. The van der Waals surface area contributed by atoms with Crippen LogP contribution in [-0.4, -0.2) is 38.5 Å². The summed E-state index contributed by atoms with van der Waals surface area (Å²) in [4.78, 5) is 8.37. The number of hydrogen-bond acceptors (Lipinski definition) is 4. The maximum absolute atomic E-state index is 10.5. The smallest absolute Gasteiger partial charge is 0.140 e. The first-order chi connectivity index (χ1) is 9.27. The molecule has 5 heteroatoms. The van der Waals surface area contributed by atoms with E-state index in [4.69, 9.17) is 4.74 Å². The van der Waals surface area contributed by atoms with Crippen LogP contribution in [0.1, 0.15) is 12.8 Å². The molecule has 2 aromatic heterocycles. The van der Waals surface area contributed by atoms with Gasteiger partial charge in [0, 0.05) is 37.0 Å².